The number of rotatable bonds is 8. The van der Waals surface area contributed by atoms with Gasteiger partial charge < -0.3 is 19.7 Å². The number of methoxy groups -OCH3 is 1. The lowest BCUT2D eigenvalue weighted by atomic mass is 9.97. The molecule has 1 aliphatic rings. The van der Waals surface area contributed by atoms with Gasteiger partial charge in [-0.15, -0.1) is 0 Å². The van der Waals surface area contributed by atoms with Crippen LogP contribution in [0.1, 0.15) is 26.7 Å². The molecule has 204 valence electrons. The van der Waals surface area contributed by atoms with Crippen LogP contribution in [0.2, 0.25) is 0 Å². The van der Waals surface area contributed by atoms with E-state index < -0.39 is 76.3 Å². The van der Waals surface area contributed by atoms with Crippen molar-refractivity contribution >= 4 is 27.0 Å². The number of ether oxygens (including phenoxy) is 2. The number of halogens is 5. The molecule has 0 saturated carbocycles. The largest absolute Gasteiger partial charge is 0.486 e. The van der Waals surface area contributed by atoms with Crippen LogP contribution in [0.5, 0.6) is 5.75 Å². The van der Waals surface area contributed by atoms with Crippen molar-refractivity contribution in [1.29, 1.82) is 4.78 Å². The molecule has 2 aromatic rings. The maximum absolute atomic E-state index is 14.7. The fraction of sp³-hybridized carbons (Fsp3) is 0.478. The third-order valence-corrected chi connectivity index (χ3v) is 6.89. The van der Waals surface area contributed by atoms with Crippen molar-refractivity contribution in [1.82, 2.24) is 4.98 Å². The van der Waals surface area contributed by atoms with Gasteiger partial charge in [0.2, 0.25) is 11.7 Å². The summed E-state index contributed by atoms with van der Waals surface area (Å²) in [6.45, 7) is 2.31. The van der Waals surface area contributed by atoms with Crippen LogP contribution in [0.4, 0.5) is 33.3 Å². The van der Waals surface area contributed by atoms with Crippen LogP contribution in [0, 0.1) is 16.4 Å². The molecular formula is C23H27F5N4O4S. The fourth-order valence-corrected chi connectivity index (χ4v) is 4.73. The zero-order valence-electron chi connectivity index (χ0n) is 20.5. The Balaban J connectivity index is 1.98. The summed E-state index contributed by atoms with van der Waals surface area (Å²) in [4.78, 5) is 17.8. The van der Waals surface area contributed by atoms with Crippen LogP contribution in [-0.4, -0.2) is 58.9 Å². The summed E-state index contributed by atoms with van der Waals surface area (Å²) in [7, 11) is -2.28. The van der Waals surface area contributed by atoms with Gasteiger partial charge in [-0.05, 0) is 38.1 Å². The number of amides is 1. The Bertz CT molecular complexity index is 1270. The lowest BCUT2D eigenvalue weighted by Crippen LogP contribution is -2.49. The molecule has 14 heteroatoms. The number of nitrogens with one attached hydrogen (secondary N) is 2. The third kappa shape index (κ3) is 6.12. The van der Waals surface area contributed by atoms with Crippen molar-refractivity contribution in [2.24, 2.45) is 0 Å². The highest BCUT2D eigenvalue weighted by Gasteiger charge is 2.62. The van der Waals surface area contributed by atoms with Crippen LogP contribution < -0.4 is 15.0 Å². The van der Waals surface area contributed by atoms with E-state index in [0.29, 0.717) is 0 Å². The first kappa shape index (κ1) is 28.6. The molecule has 0 aliphatic carbocycles. The molecule has 2 heterocycles. The number of carbonyl (C=O) groups excluding carboxylic acids is 1. The molecule has 0 unspecified atom stereocenters. The van der Waals surface area contributed by atoms with Gasteiger partial charge in [-0.1, -0.05) is 0 Å². The van der Waals surface area contributed by atoms with Gasteiger partial charge in [0.25, 0.3) is 0 Å². The summed E-state index contributed by atoms with van der Waals surface area (Å²) < 4.78 is 101. The Morgan fingerprint density at radius 2 is 2.00 bits per heavy atom. The molecule has 0 bridgehead atoms. The quantitative estimate of drug-likeness (QED) is 0.461. The van der Waals surface area contributed by atoms with E-state index in [2.05, 4.69) is 10.3 Å². The number of hydrogen-bond acceptors (Lipinski definition) is 7. The molecule has 1 saturated heterocycles. The second-order valence-electron chi connectivity index (χ2n) is 9.04. The summed E-state index contributed by atoms with van der Waals surface area (Å²) in [6, 6.07) is 3.34. The lowest BCUT2D eigenvalue weighted by Gasteiger charge is -2.31. The highest BCUT2D eigenvalue weighted by molar-refractivity contribution is 7.91. The van der Waals surface area contributed by atoms with Crippen LogP contribution in [0.15, 0.2) is 35.5 Å². The van der Waals surface area contributed by atoms with Crippen LogP contribution in [0.3, 0.4) is 0 Å². The molecule has 0 spiro atoms. The minimum Gasteiger partial charge on any atom is -0.486 e. The third-order valence-electron chi connectivity index (χ3n) is 5.87. The van der Waals surface area contributed by atoms with E-state index >= 15 is 0 Å². The molecule has 2 N–H and O–H groups in total. The molecule has 1 aliphatic heterocycles. The van der Waals surface area contributed by atoms with E-state index in [9.17, 15) is 31.0 Å². The monoisotopic (exact) mass is 550 g/mol. The van der Waals surface area contributed by atoms with Gasteiger partial charge in [0.15, 0.2) is 17.2 Å². The summed E-state index contributed by atoms with van der Waals surface area (Å²) in [5.74, 6) is -3.87. The van der Waals surface area contributed by atoms with Crippen molar-refractivity contribution in [2.75, 3.05) is 30.1 Å². The van der Waals surface area contributed by atoms with E-state index in [1.807, 2.05) is 0 Å². The van der Waals surface area contributed by atoms with E-state index in [4.69, 9.17) is 14.3 Å². The average molecular weight is 551 g/mol. The summed E-state index contributed by atoms with van der Waals surface area (Å²) in [5, 5.41) is 2.42. The molecule has 3 atom stereocenters. The molecule has 8 nitrogen and oxygen atoms in total. The van der Waals surface area contributed by atoms with Crippen molar-refractivity contribution in [3.05, 3.63) is 42.1 Å². The van der Waals surface area contributed by atoms with Gasteiger partial charge in [0, 0.05) is 44.1 Å². The molecule has 1 amide bonds. The number of nitrogens with zero attached hydrogens (tertiary/aromatic N) is 2. The van der Waals surface area contributed by atoms with E-state index in [1.54, 1.807) is 13.8 Å². The average Bonchev–Trinajstić information content (AvgIpc) is 3.16. The number of benzene rings is 1. The summed E-state index contributed by atoms with van der Waals surface area (Å²) >= 11 is 0. The number of alkyl halides is 3. The van der Waals surface area contributed by atoms with Gasteiger partial charge in [0.05, 0.1) is 28.1 Å². The predicted octanol–water partition coefficient (Wildman–Crippen LogP) is 4.74. The maximum atomic E-state index is 14.7. The molecule has 1 aromatic carbocycles. The molecule has 1 fully saturated rings. The normalized spacial score (nSPS) is 21.7. The zero-order valence-corrected chi connectivity index (χ0v) is 21.3. The lowest BCUT2D eigenvalue weighted by molar-refractivity contribution is -0.261. The van der Waals surface area contributed by atoms with Gasteiger partial charge in [-0.3, -0.25) is 4.79 Å². The number of hydrogen-bond donors (Lipinski definition) is 2. The second kappa shape index (κ2) is 10.4. The molecule has 37 heavy (non-hydrogen) atoms. The molecular weight excluding hydrogens is 523 g/mol. The summed E-state index contributed by atoms with van der Waals surface area (Å²) in [5.41, 5.74) is -2.69. The van der Waals surface area contributed by atoms with Crippen molar-refractivity contribution < 1.29 is 40.4 Å². The van der Waals surface area contributed by atoms with Crippen molar-refractivity contribution in [2.45, 2.75) is 55.6 Å². The molecule has 3 rings (SSSR count). The molecule has 0 radical (unpaired) electrons. The Hall–Kier alpha value is -3.00. The number of carbonyl (C=O) groups is 1. The van der Waals surface area contributed by atoms with Crippen LogP contribution in [0.25, 0.3) is 0 Å². The smallest absolute Gasteiger partial charge is 0.419 e. The Kier molecular flexibility index (Phi) is 8.03. The number of anilines is 2. The highest BCUT2D eigenvalue weighted by Crippen LogP contribution is 2.47. The van der Waals surface area contributed by atoms with Gasteiger partial charge in [0.1, 0.15) is 5.03 Å². The first-order chi connectivity index (χ1) is 17.1. The minimum atomic E-state index is -4.83. The fourth-order valence-electron chi connectivity index (χ4n) is 4.11. The van der Waals surface area contributed by atoms with Crippen LogP contribution >= 0.6 is 0 Å². The number of pyridine rings is 1. The number of aromatic nitrogens is 1. The van der Waals surface area contributed by atoms with Crippen molar-refractivity contribution in [3.8, 4) is 5.75 Å². The Labute approximate surface area is 211 Å². The standard InChI is InChI=1S/C23H27F5N4O4S/c1-13(2)36-21-17(6-5-16(24)20(21)25)32-12-22(35-3,23(26,27)28)11-15(32)10-18(33)31-14-7-8-30-19(9-14)37(4,29)34/h5-9,13,15,29H,10-12H2,1-4H3,(H,30,31,33)/t15-,22-,37+/m0/s1. The zero-order chi connectivity index (χ0) is 27.8. The second-order valence-corrected chi connectivity index (χ2v) is 11.1. The van der Waals surface area contributed by atoms with Gasteiger partial charge in [-0.2, -0.15) is 17.6 Å². The minimum absolute atomic E-state index is 0.0828. The topological polar surface area (TPSA) is 105 Å². The van der Waals surface area contributed by atoms with E-state index in [1.165, 1.54) is 18.3 Å². The summed E-state index contributed by atoms with van der Waals surface area (Å²) in [6.07, 6.45) is -4.23. The SMILES string of the molecule is CO[C@@]1(C(F)(F)F)C[C@H](CC(=O)Nc2ccnc([S@](C)(=N)=O)c2)N(c2ccc(F)c(F)c2OC(C)C)C1. The molecule has 1 aromatic heterocycles. The first-order valence-electron chi connectivity index (χ1n) is 11.1. The van der Waals surface area contributed by atoms with Crippen LogP contribution in [-0.2, 0) is 19.3 Å². The van der Waals surface area contributed by atoms with E-state index in [0.717, 1.165) is 30.4 Å². The Morgan fingerprint density at radius 1 is 1.32 bits per heavy atom. The maximum Gasteiger partial charge on any atom is 0.419 e. The Morgan fingerprint density at radius 3 is 2.57 bits per heavy atom. The van der Waals surface area contributed by atoms with Gasteiger partial charge >= 0.3 is 6.18 Å². The van der Waals surface area contributed by atoms with Gasteiger partial charge in [-0.25, -0.2) is 18.4 Å². The predicted molar refractivity (Wildman–Crippen MR) is 126 cm³/mol. The highest BCUT2D eigenvalue weighted by atomic mass is 32.2. The first-order valence-corrected chi connectivity index (χ1v) is 13.1. The van der Waals surface area contributed by atoms with E-state index in [-0.39, 0.29) is 16.4 Å². The van der Waals surface area contributed by atoms with Crippen molar-refractivity contribution in [3.63, 3.8) is 0 Å².